The highest BCUT2D eigenvalue weighted by atomic mass is 19.4. The van der Waals surface area contributed by atoms with Gasteiger partial charge in [-0.05, 0) is 53.9 Å². The van der Waals surface area contributed by atoms with Crippen molar-refractivity contribution in [2.24, 2.45) is 0 Å². The third-order valence-electron chi connectivity index (χ3n) is 2.80. The maximum Gasteiger partial charge on any atom is 0.573 e. The Morgan fingerprint density at radius 1 is 1.10 bits per heavy atom. The van der Waals surface area contributed by atoms with Gasteiger partial charge in [0.15, 0.2) is 0 Å². The molecule has 0 amide bonds. The summed E-state index contributed by atoms with van der Waals surface area (Å²) in [5.74, 6) is -0.944. The van der Waals surface area contributed by atoms with Crippen LogP contribution in [0.2, 0.25) is 0 Å². The smallest absolute Gasteiger partial charge is 0.406 e. The highest BCUT2D eigenvalue weighted by Crippen LogP contribution is 2.31. The van der Waals surface area contributed by atoms with Gasteiger partial charge in [0.05, 0.1) is 0 Å². The fourth-order valence-corrected chi connectivity index (χ4v) is 1.99. The molecule has 0 bridgehead atoms. The Morgan fingerprint density at radius 3 is 2.38 bits per heavy atom. The number of carbonyl (C=O) groups is 1. The summed E-state index contributed by atoms with van der Waals surface area (Å²) in [5, 5.41) is 0. The van der Waals surface area contributed by atoms with Gasteiger partial charge >= 0.3 is 6.36 Å². The van der Waals surface area contributed by atoms with Crippen LogP contribution in [0.4, 0.5) is 17.6 Å². The molecule has 2 aromatic carbocycles. The standard InChI is InChI=1S/C15H10F4O2/c1-9-4-12(16)2-3-14(9)11-5-10(8-20)6-13(7-11)21-15(17,18)19/h2-8H,1H3. The largest absolute Gasteiger partial charge is 0.573 e. The number of aryl methyl sites for hydroxylation is 1. The molecule has 0 saturated carbocycles. The number of aldehydes is 1. The van der Waals surface area contributed by atoms with E-state index in [1.54, 1.807) is 6.92 Å². The van der Waals surface area contributed by atoms with Gasteiger partial charge < -0.3 is 4.74 Å². The monoisotopic (exact) mass is 298 g/mol. The Balaban J connectivity index is 2.52. The Labute approximate surface area is 118 Å². The quantitative estimate of drug-likeness (QED) is 0.615. The van der Waals surface area contributed by atoms with Crippen molar-refractivity contribution >= 4 is 6.29 Å². The molecular formula is C15H10F4O2. The number of carbonyl (C=O) groups excluding carboxylic acids is 1. The molecule has 0 aliphatic heterocycles. The predicted molar refractivity (Wildman–Crippen MR) is 68.6 cm³/mol. The van der Waals surface area contributed by atoms with E-state index in [-0.39, 0.29) is 5.56 Å². The first-order valence-electron chi connectivity index (χ1n) is 5.91. The van der Waals surface area contributed by atoms with Crippen LogP contribution in [0.5, 0.6) is 5.75 Å². The summed E-state index contributed by atoms with van der Waals surface area (Å²) in [6.07, 6.45) is -4.43. The van der Waals surface area contributed by atoms with Crippen LogP contribution in [0, 0.1) is 12.7 Å². The predicted octanol–water partition coefficient (Wildman–Crippen LogP) is 4.51. The van der Waals surface area contributed by atoms with Gasteiger partial charge in [-0.1, -0.05) is 6.07 Å². The third kappa shape index (κ3) is 3.81. The molecule has 6 heteroatoms. The van der Waals surface area contributed by atoms with Gasteiger partial charge in [0, 0.05) is 5.56 Å². The van der Waals surface area contributed by atoms with Gasteiger partial charge in [-0.15, -0.1) is 13.2 Å². The van der Waals surface area contributed by atoms with Crippen molar-refractivity contribution in [3.8, 4) is 16.9 Å². The molecular weight excluding hydrogens is 288 g/mol. The molecule has 0 fully saturated rings. The maximum absolute atomic E-state index is 13.1. The highest BCUT2D eigenvalue weighted by Gasteiger charge is 2.31. The normalized spacial score (nSPS) is 11.3. The van der Waals surface area contributed by atoms with Crippen LogP contribution < -0.4 is 4.74 Å². The number of ether oxygens (including phenoxy) is 1. The van der Waals surface area contributed by atoms with E-state index in [1.165, 1.54) is 24.3 Å². The zero-order valence-corrected chi connectivity index (χ0v) is 10.9. The minimum atomic E-state index is -4.85. The molecule has 0 heterocycles. The average Bonchev–Trinajstić information content (AvgIpc) is 2.36. The molecule has 0 unspecified atom stereocenters. The fourth-order valence-electron chi connectivity index (χ4n) is 1.99. The second kappa shape index (κ2) is 5.55. The first kappa shape index (κ1) is 15.0. The van der Waals surface area contributed by atoms with Crippen molar-refractivity contribution in [2.75, 3.05) is 0 Å². The van der Waals surface area contributed by atoms with Crippen LogP contribution in [-0.2, 0) is 0 Å². The lowest BCUT2D eigenvalue weighted by Gasteiger charge is -2.12. The summed E-state index contributed by atoms with van der Waals surface area (Å²) in [7, 11) is 0. The zero-order chi connectivity index (χ0) is 15.6. The summed E-state index contributed by atoms with van der Waals surface area (Å²) in [4.78, 5) is 10.9. The SMILES string of the molecule is Cc1cc(F)ccc1-c1cc(C=O)cc(OC(F)(F)F)c1. The van der Waals surface area contributed by atoms with Crippen molar-refractivity contribution in [1.29, 1.82) is 0 Å². The minimum Gasteiger partial charge on any atom is -0.406 e. The van der Waals surface area contributed by atoms with Crippen LogP contribution in [-0.4, -0.2) is 12.6 Å². The van der Waals surface area contributed by atoms with Crippen LogP contribution in [0.25, 0.3) is 11.1 Å². The second-order valence-electron chi connectivity index (χ2n) is 4.42. The molecule has 0 N–H and O–H groups in total. The summed E-state index contributed by atoms with van der Waals surface area (Å²) in [6, 6.07) is 7.44. The molecule has 0 radical (unpaired) electrons. The van der Waals surface area contributed by atoms with Crippen molar-refractivity contribution in [2.45, 2.75) is 13.3 Å². The van der Waals surface area contributed by atoms with Crippen molar-refractivity contribution in [3.05, 3.63) is 53.3 Å². The van der Waals surface area contributed by atoms with Crippen LogP contribution >= 0.6 is 0 Å². The van der Waals surface area contributed by atoms with Crippen molar-refractivity contribution in [1.82, 2.24) is 0 Å². The van der Waals surface area contributed by atoms with Gasteiger partial charge in [-0.25, -0.2) is 4.39 Å². The summed E-state index contributed by atoms with van der Waals surface area (Å²) >= 11 is 0. The van der Waals surface area contributed by atoms with Crippen LogP contribution in [0.1, 0.15) is 15.9 Å². The average molecular weight is 298 g/mol. The van der Waals surface area contributed by atoms with E-state index in [0.29, 0.717) is 23.0 Å². The second-order valence-corrected chi connectivity index (χ2v) is 4.42. The first-order chi connectivity index (χ1) is 9.78. The van der Waals surface area contributed by atoms with E-state index >= 15 is 0 Å². The van der Waals surface area contributed by atoms with Crippen LogP contribution in [0.3, 0.4) is 0 Å². The third-order valence-corrected chi connectivity index (χ3v) is 2.80. The number of rotatable bonds is 3. The molecule has 0 saturated heterocycles. The first-order valence-corrected chi connectivity index (χ1v) is 5.91. The number of hydrogen-bond acceptors (Lipinski definition) is 2. The van der Waals surface area contributed by atoms with Gasteiger partial charge in [-0.2, -0.15) is 0 Å². The molecule has 0 spiro atoms. The van der Waals surface area contributed by atoms with E-state index in [9.17, 15) is 22.4 Å². The molecule has 2 aromatic rings. The van der Waals surface area contributed by atoms with Crippen molar-refractivity contribution < 1.29 is 27.1 Å². The summed E-state index contributed by atoms with van der Waals surface area (Å²) in [6.45, 7) is 1.62. The molecule has 0 aliphatic rings. The number of hydrogen-bond donors (Lipinski definition) is 0. The maximum atomic E-state index is 13.1. The van der Waals surface area contributed by atoms with Crippen LogP contribution in [0.15, 0.2) is 36.4 Å². The van der Waals surface area contributed by atoms with E-state index < -0.39 is 17.9 Å². The van der Waals surface area contributed by atoms with Gasteiger partial charge in [-0.3, -0.25) is 4.79 Å². The van der Waals surface area contributed by atoms with E-state index in [4.69, 9.17) is 0 Å². The lowest BCUT2D eigenvalue weighted by Crippen LogP contribution is -2.17. The van der Waals surface area contributed by atoms with Gasteiger partial charge in [0.25, 0.3) is 0 Å². The van der Waals surface area contributed by atoms with Gasteiger partial charge in [0.2, 0.25) is 0 Å². The number of benzene rings is 2. The molecule has 110 valence electrons. The molecule has 2 rings (SSSR count). The fraction of sp³-hybridized carbons (Fsp3) is 0.133. The lowest BCUT2D eigenvalue weighted by atomic mass is 9.98. The zero-order valence-electron chi connectivity index (χ0n) is 10.9. The molecule has 0 aromatic heterocycles. The number of halogens is 4. The minimum absolute atomic E-state index is 0.0375. The van der Waals surface area contributed by atoms with Gasteiger partial charge in [0.1, 0.15) is 17.9 Å². The molecule has 2 nitrogen and oxygen atoms in total. The summed E-state index contributed by atoms with van der Waals surface area (Å²) in [5.41, 5.74) is 1.44. The Hall–Kier alpha value is -2.37. The topological polar surface area (TPSA) is 26.3 Å². The molecule has 21 heavy (non-hydrogen) atoms. The highest BCUT2D eigenvalue weighted by molar-refractivity contribution is 5.81. The van der Waals surface area contributed by atoms with E-state index in [0.717, 1.165) is 12.1 Å². The lowest BCUT2D eigenvalue weighted by molar-refractivity contribution is -0.274. The van der Waals surface area contributed by atoms with E-state index in [1.807, 2.05) is 0 Å². The Morgan fingerprint density at radius 2 is 1.81 bits per heavy atom. The molecule has 0 atom stereocenters. The van der Waals surface area contributed by atoms with Crippen molar-refractivity contribution in [3.63, 3.8) is 0 Å². The Kier molecular flexibility index (Phi) is 3.97. The molecule has 0 aliphatic carbocycles. The Bertz CT molecular complexity index is 678. The number of alkyl halides is 3. The van der Waals surface area contributed by atoms with E-state index in [2.05, 4.69) is 4.74 Å². The summed E-state index contributed by atoms with van der Waals surface area (Å²) < 4.78 is 53.8.